The van der Waals surface area contributed by atoms with Crippen molar-refractivity contribution in [2.75, 3.05) is 0 Å². The van der Waals surface area contributed by atoms with E-state index in [1.54, 1.807) is 6.07 Å². The SMILES string of the molecule is CC(C)c1cc([N+](=O)[O-])c2c(I)[nH]nc2c1. The first kappa shape index (κ1) is 11.3. The molecule has 0 aliphatic carbocycles. The van der Waals surface area contributed by atoms with Crippen LogP contribution in [0.25, 0.3) is 10.9 Å². The highest BCUT2D eigenvalue weighted by atomic mass is 127. The van der Waals surface area contributed by atoms with Crippen LogP contribution < -0.4 is 0 Å². The molecule has 0 bridgehead atoms. The van der Waals surface area contributed by atoms with Gasteiger partial charge in [-0.05, 0) is 40.1 Å². The van der Waals surface area contributed by atoms with E-state index in [-0.39, 0.29) is 16.5 Å². The maximum atomic E-state index is 11.0. The fourth-order valence-electron chi connectivity index (χ4n) is 1.59. The number of aromatic nitrogens is 2. The van der Waals surface area contributed by atoms with E-state index in [2.05, 4.69) is 10.2 Å². The maximum absolute atomic E-state index is 11.0. The Balaban J connectivity index is 2.81. The number of halogens is 1. The molecule has 0 unspecified atom stereocenters. The number of hydrogen-bond donors (Lipinski definition) is 1. The van der Waals surface area contributed by atoms with E-state index in [1.807, 2.05) is 42.5 Å². The van der Waals surface area contributed by atoms with E-state index in [0.717, 1.165) is 5.56 Å². The van der Waals surface area contributed by atoms with Gasteiger partial charge in [0.1, 0.15) is 14.6 Å². The minimum absolute atomic E-state index is 0.124. The van der Waals surface area contributed by atoms with Gasteiger partial charge in [0.05, 0.1) is 4.92 Å². The Labute approximate surface area is 106 Å². The first-order valence-electron chi connectivity index (χ1n) is 4.82. The summed E-state index contributed by atoms with van der Waals surface area (Å²) in [6, 6.07) is 3.52. The molecule has 16 heavy (non-hydrogen) atoms. The molecule has 0 saturated carbocycles. The van der Waals surface area contributed by atoms with Gasteiger partial charge in [0.2, 0.25) is 0 Å². The standard InChI is InChI=1S/C10H10IN3O2/c1-5(2)6-3-7-9(10(11)13-12-7)8(4-6)14(15)16/h3-5H,1-2H3,(H,12,13). The summed E-state index contributed by atoms with van der Waals surface area (Å²) in [5, 5.41) is 18.4. The summed E-state index contributed by atoms with van der Waals surface area (Å²) in [5.41, 5.74) is 1.71. The molecule has 0 fully saturated rings. The lowest BCUT2D eigenvalue weighted by atomic mass is 10.0. The Bertz CT molecular complexity index is 562. The Hall–Kier alpha value is -1.18. The van der Waals surface area contributed by atoms with Crippen LogP contribution in [0.1, 0.15) is 25.3 Å². The number of hydrogen-bond acceptors (Lipinski definition) is 3. The van der Waals surface area contributed by atoms with Crippen molar-refractivity contribution < 1.29 is 4.92 Å². The van der Waals surface area contributed by atoms with Gasteiger partial charge in [-0.3, -0.25) is 15.2 Å². The molecule has 0 amide bonds. The average molecular weight is 331 g/mol. The Morgan fingerprint density at radius 3 is 2.75 bits per heavy atom. The molecule has 1 heterocycles. The molecule has 0 saturated heterocycles. The topological polar surface area (TPSA) is 71.8 Å². The lowest BCUT2D eigenvalue weighted by Crippen LogP contribution is -1.94. The summed E-state index contributed by atoms with van der Waals surface area (Å²) in [7, 11) is 0. The first-order chi connectivity index (χ1) is 7.50. The number of non-ortho nitro benzene ring substituents is 1. The van der Waals surface area contributed by atoms with Crippen molar-refractivity contribution >= 4 is 39.2 Å². The summed E-state index contributed by atoms with van der Waals surface area (Å²) < 4.78 is 0.703. The van der Waals surface area contributed by atoms with Gasteiger partial charge in [0, 0.05) is 6.07 Å². The third-order valence-electron chi connectivity index (χ3n) is 2.48. The van der Waals surface area contributed by atoms with Crippen molar-refractivity contribution in [1.82, 2.24) is 10.2 Å². The molecular formula is C10H10IN3O2. The van der Waals surface area contributed by atoms with Crippen molar-refractivity contribution in [3.05, 3.63) is 31.5 Å². The second kappa shape index (κ2) is 4.00. The first-order valence-corrected chi connectivity index (χ1v) is 5.90. The maximum Gasteiger partial charge on any atom is 0.281 e. The largest absolute Gasteiger partial charge is 0.281 e. The Kier molecular flexibility index (Phi) is 2.83. The molecule has 0 aliphatic rings. The molecule has 0 atom stereocenters. The quantitative estimate of drug-likeness (QED) is 0.522. The number of nitrogens with one attached hydrogen (secondary N) is 1. The van der Waals surface area contributed by atoms with Crippen molar-refractivity contribution in [3.63, 3.8) is 0 Å². The summed E-state index contributed by atoms with van der Waals surface area (Å²) in [4.78, 5) is 10.6. The van der Waals surface area contributed by atoms with Gasteiger partial charge in [0.15, 0.2) is 0 Å². The van der Waals surface area contributed by atoms with Gasteiger partial charge in [-0.15, -0.1) is 0 Å². The van der Waals surface area contributed by atoms with Crippen LogP contribution in [0, 0.1) is 13.8 Å². The number of fused-ring (bicyclic) bond motifs is 1. The summed E-state index contributed by atoms with van der Waals surface area (Å²) in [6.07, 6.45) is 0. The van der Waals surface area contributed by atoms with E-state index < -0.39 is 0 Å². The smallest absolute Gasteiger partial charge is 0.271 e. The molecule has 84 valence electrons. The number of nitro benzene ring substituents is 1. The molecule has 6 heteroatoms. The second-order valence-corrected chi connectivity index (χ2v) is 4.96. The minimum Gasteiger partial charge on any atom is -0.271 e. The van der Waals surface area contributed by atoms with Crippen LogP contribution in [0.15, 0.2) is 12.1 Å². The predicted molar refractivity (Wildman–Crippen MR) is 69.6 cm³/mol. The third-order valence-corrected chi connectivity index (χ3v) is 3.26. The van der Waals surface area contributed by atoms with Crippen LogP contribution in [0.4, 0.5) is 5.69 Å². The van der Waals surface area contributed by atoms with Gasteiger partial charge in [0.25, 0.3) is 5.69 Å². The zero-order valence-electron chi connectivity index (χ0n) is 8.82. The molecule has 1 N–H and O–H groups in total. The molecular weight excluding hydrogens is 321 g/mol. The Morgan fingerprint density at radius 2 is 2.19 bits per heavy atom. The molecule has 0 radical (unpaired) electrons. The van der Waals surface area contributed by atoms with Crippen LogP contribution in [0.5, 0.6) is 0 Å². The van der Waals surface area contributed by atoms with Crippen molar-refractivity contribution in [2.45, 2.75) is 19.8 Å². The lowest BCUT2D eigenvalue weighted by Gasteiger charge is -2.05. The van der Waals surface area contributed by atoms with Crippen LogP contribution in [0.3, 0.4) is 0 Å². The summed E-state index contributed by atoms with van der Waals surface area (Å²) in [6.45, 7) is 4.00. The van der Waals surface area contributed by atoms with E-state index in [0.29, 0.717) is 14.6 Å². The van der Waals surface area contributed by atoms with Gasteiger partial charge >= 0.3 is 0 Å². The zero-order valence-corrected chi connectivity index (χ0v) is 11.0. The van der Waals surface area contributed by atoms with Crippen LogP contribution in [-0.2, 0) is 0 Å². The number of aromatic amines is 1. The normalized spacial score (nSPS) is 11.2. The monoisotopic (exact) mass is 331 g/mol. The highest BCUT2D eigenvalue weighted by Crippen LogP contribution is 2.32. The van der Waals surface area contributed by atoms with Crippen molar-refractivity contribution in [3.8, 4) is 0 Å². The van der Waals surface area contributed by atoms with Gasteiger partial charge in [-0.1, -0.05) is 13.8 Å². The van der Waals surface area contributed by atoms with Crippen LogP contribution in [-0.4, -0.2) is 15.1 Å². The number of nitro groups is 1. The highest BCUT2D eigenvalue weighted by Gasteiger charge is 2.19. The number of rotatable bonds is 2. The van der Waals surface area contributed by atoms with Gasteiger partial charge < -0.3 is 0 Å². The molecule has 1 aromatic carbocycles. The third kappa shape index (κ3) is 1.77. The fourth-order valence-corrected chi connectivity index (χ4v) is 2.26. The highest BCUT2D eigenvalue weighted by molar-refractivity contribution is 14.1. The molecule has 0 aliphatic heterocycles. The Morgan fingerprint density at radius 1 is 1.50 bits per heavy atom. The molecule has 5 nitrogen and oxygen atoms in total. The van der Waals surface area contributed by atoms with E-state index >= 15 is 0 Å². The van der Waals surface area contributed by atoms with Gasteiger partial charge in [-0.25, -0.2) is 0 Å². The molecule has 2 rings (SSSR count). The molecule has 2 aromatic rings. The average Bonchev–Trinajstić information content (AvgIpc) is 2.59. The van der Waals surface area contributed by atoms with Crippen LogP contribution in [0.2, 0.25) is 0 Å². The van der Waals surface area contributed by atoms with E-state index in [1.165, 1.54) is 0 Å². The fraction of sp³-hybridized carbons (Fsp3) is 0.300. The van der Waals surface area contributed by atoms with E-state index in [4.69, 9.17) is 0 Å². The molecule has 0 spiro atoms. The van der Waals surface area contributed by atoms with Crippen molar-refractivity contribution in [1.29, 1.82) is 0 Å². The summed E-state index contributed by atoms with van der Waals surface area (Å²) >= 11 is 2.02. The molecule has 1 aromatic heterocycles. The lowest BCUT2D eigenvalue weighted by molar-refractivity contribution is -0.383. The zero-order chi connectivity index (χ0) is 11.9. The number of benzene rings is 1. The van der Waals surface area contributed by atoms with Crippen LogP contribution >= 0.6 is 22.6 Å². The predicted octanol–water partition coefficient (Wildman–Crippen LogP) is 3.20. The van der Waals surface area contributed by atoms with Crippen molar-refractivity contribution in [2.24, 2.45) is 0 Å². The van der Waals surface area contributed by atoms with Gasteiger partial charge in [-0.2, -0.15) is 5.10 Å². The second-order valence-electron chi connectivity index (χ2n) is 3.88. The van der Waals surface area contributed by atoms with E-state index in [9.17, 15) is 10.1 Å². The number of H-pyrrole nitrogens is 1. The number of nitrogens with zero attached hydrogens (tertiary/aromatic N) is 2. The minimum atomic E-state index is -0.355. The summed E-state index contributed by atoms with van der Waals surface area (Å²) in [5.74, 6) is 0.248.